The highest BCUT2D eigenvalue weighted by atomic mass is 19.3. The Morgan fingerprint density at radius 3 is 1.63 bits per heavy atom. The molecule has 35 heavy (non-hydrogen) atoms. The molecule has 0 aromatic heterocycles. The Kier molecular flexibility index (Phi) is 10.0. The minimum Gasteiger partial charge on any atom is -0.435 e. The molecular formula is C32H44F2O. The Morgan fingerprint density at radius 1 is 0.657 bits per heavy atom. The fourth-order valence-electron chi connectivity index (χ4n) is 6.36. The molecule has 0 N–H and O–H groups in total. The number of unbranched alkanes of at least 4 members (excludes halogenated alkanes) is 1. The zero-order valence-electron chi connectivity index (χ0n) is 21.6. The lowest BCUT2D eigenvalue weighted by atomic mass is 9.77. The first kappa shape index (κ1) is 26.2. The second kappa shape index (κ2) is 13.4. The summed E-state index contributed by atoms with van der Waals surface area (Å²) in [4.78, 5) is 0. The summed E-state index contributed by atoms with van der Waals surface area (Å²) in [5.74, 6) is 4.07. The summed E-state index contributed by atoms with van der Waals surface area (Å²) in [7, 11) is 0. The number of hydrogen-bond donors (Lipinski definition) is 0. The summed E-state index contributed by atoms with van der Waals surface area (Å²) in [5, 5.41) is 0. The molecule has 3 heteroatoms. The normalized spacial score (nSPS) is 25.0. The van der Waals surface area contributed by atoms with Crippen LogP contribution in [0.5, 0.6) is 5.75 Å². The molecule has 0 radical (unpaired) electrons. The zero-order chi connectivity index (χ0) is 24.5. The van der Waals surface area contributed by atoms with E-state index in [1.807, 2.05) is 12.1 Å². The van der Waals surface area contributed by atoms with Gasteiger partial charge in [-0.3, -0.25) is 0 Å². The minimum atomic E-state index is -2.78. The van der Waals surface area contributed by atoms with Crippen LogP contribution < -0.4 is 4.74 Å². The molecule has 0 heterocycles. The van der Waals surface area contributed by atoms with Crippen molar-refractivity contribution in [3.63, 3.8) is 0 Å². The molecule has 0 aliphatic heterocycles. The van der Waals surface area contributed by atoms with E-state index in [2.05, 4.69) is 35.9 Å². The Balaban J connectivity index is 1.10. The van der Waals surface area contributed by atoms with Gasteiger partial charge in [-0.1, -0.05) is 120 Å². The highest BCUT2D eigenvalue weighted by Crippen LogP contribution is 2.36. The molecule has 0 atom stereocenters. The van der Waals surface area contributed by atoms with Crippen LogP contribution in [0.25, 0.3) is 11.1 Å². The van der Waals surface area contributed by atoms with Crippen molar-refractivity contribution in [2.45, 2.75) is 103 Å². The van der Waals surface area contributed by atoms with Crippen molar-refractivity contribution in [3.8, 4) is 16.9 Å². The summed E-state index contributed by atoms with van der Waals surface area (Å²) < 4.78 is 29.1. The van der Waals surface area contributed by atoms with Gasteiger partial charge in [-0.2, -0.15) is 8.78 Å². The standard InChI is InChI=1S/C32H44F2O/c1-24-6-8-25(9-7-24)4-2-3-5-26-10-12-27(13-11-26)14-15-28-16-18-29(19-17-28)30-20-22-31(23-21-30)35-32(33)34/h16-27,32H,2-15H2,1H3. The third-order valence-corrected chi connectivity index (χ3v) is 8.78. The van der Waals surface area contributed by atoms with E-state index in [9.17, 15) is 8.78 Å². The average molecular weight is 483 g/mol. The Labute approximate surface area is 211 Å². The van der Waals surface area contributed by atoms with Crippen LogP contribution in [0.3, 0.4) is 0 Å². The van der Waals surface area contributed by atoms with Crippen molar-refractivity contribution in [2.75, 3.05) is 0 Å². The molecule has 2 aliphatic carbocycles. The van der Waals surface area contributed by atoms with E-state index >= 15 is 0 Å². The molecule has 1 nitrogen and oxygen atoms in total. The van der Waals surface area contributed by atoms with Gasteiger partial charge in [0.15, 0.2) is 0 Å². The van der Waals surface area contributed by atoms with Gasteiger partial charge >= 0.3 is 6.61 Å². The van der Waals surface area contributed by atoms with Crippen molar-refractivity contribution in [1.29, 1.82) is 0 Å². The van der Waals surface area contributed by atoms with Gasteiger partial charge < -0.3 is 4.74 Å². The quantitative estimate of drug-likeness (QED) is 0.289. The van der Waals surface area contributed by atoms with Gasteiger partial charge in [0.05, 0.1) is 0 Å². The van der Waals surface area contributed by atoms with Crippen LogP contribution in [0.4, 0.5) is 8.78 Å². The van der Waals surface area contributed by atoms with E-state index < -0.39 is 6.61 Å². The van der Waals surface area contributed by atoms with Crippen molar-refractivity contribution in [2.24, 2.45) is 23.7 Å². The van der Waals surface area contributed by atoms with Gasteiger partial charge in [-0.15, -0.1) is 0 Å². The largest absolute Gasteiger partial charge is 0.435 e. The molecule has 192 valence electrons. The molecule has 2 aliphatic rings. The third-order valence-electron chi connectivity index (χ3n) is 8.78. The van der Waals surface area contributed by atoms with Crippen molar-refractivity contribution in [1.82, 2.24) is 0 Å². The minimum absolute atomic E-state index is 0.198. The molecule has 0 bridgehead atoms. The number of aryl methyl sites for hydroxylation is 1. The molecule has 0 spiro atoms. The predicted molar refractivity (Wildman–Crippen MR) is 142 cm³/mol. The molecule has 0 unspecified atom stereocenters. The van der Waals surface area contributed by atoms with E-state index in [1.54, 1.807) is 12.1 Å². The van der Waals surface area contributed by atoms with Gasteiger partial charge in [0.2, 0.25) is 0 Å². The molecule has 0 amide bonds. The molecular weight excluding hydrogens is 438 g/mol. The van der Waals surface area contributed by atoms with Crippen LogP contribution >= 0.6 is 0 Å². The first-order valence-electron chi connectivity index (χ1n) is 14.2. The highest BCUT2D eigenvalue weighted by Gasteiger charge is 2.21. The Bertz CT molecular complexity index is 844. The predicted octanol–water partition coefficient (Wildman–Crippen LogP) is 10.1. The number of rotatable bonds is 11. The van der Waals surface area contributed by atoms with Gasteiger partial charge in [0.25, 0.3) is 0 Å². The highest BCUT2D eigenvalue weighted by molar-refractivity contribution is 5.64. The topological polar surface area (TPSA) is 9.23 Å². The Morgan fingerprint density at radius 2 is 1.11 bits per heavy atom. The lowest BCUT2D eigenvalue weighted by molar-refractivity contribution is -0.0498. The number of halogens is 2. The Hall–Kier alpha value is -1.90. The SMILES string of the molecule is CC1CCC(CCCCC2CCC(CCc3ccc(-c4ccc(OC(F)F)cc4)cc3)CC2)CC1. The fourth-order valence-corrected chi connectivity index (χ4v) is 6.36. The number of benzene rings is 2. The van der Waals surface area contributed by atoms with Gasteiger partial charge in [-0.05, 0) is 65.3 Å². The smallest absolute Gasteiger partial charge is 0.387 e. The summed E-state index contributed by atoms with van der Waals surface area (Å²) in [6.07, 6.45) is 19.9. The van der Waals surface area contributed by atoms with Gasteiger partial charge in [0, 0.05) is 0 Å². The molecule has 2 fully saturated rings. The van der Waals surface area contributed by atoms with E-state index in [0.29, 0.717) is 0 Å². The third kappa shape index (κ3) is 8.62. The zero-order valence-corrected chi connectivity index (χ0v) is 21.6. The maximum atomic E-state index is 12.3. The van der Waals surface area contributed by atoms with E-state index in [1.165, 1.54) is 89.0 Å². The molecule has 2 aromatic rings. The maximum Gasteiger partial charge on any atom is 0.387 e. The average Bonchev–Trinajstić information content (AvgIpc) is 2.88. The molecule has 0 saturated heterocycles. The van der Waals surface area contributed by atoms with Crippen LogP contribution in [0.2, 0.25) is 0 Å². The van der Waals surface area contributed by atoms with Gasteiger partial charge in [-0.25, -0.2) is 0 Å². The monoisotopic (exact) mass is 482 g/mol. The fraction of sp³-hybridized carbons (Fsp3) is 0.625. The maximum absolute atomic E-state index is 12.3. The first-order valence-corrected chi connectivity index (χ1v) is 14.2. The summed E-state index contributed by atoms with van der Waals surface area (Å²) in [5.41, 5.74) is 3.52. The number of alkyl halides is 2. The summed E-state index contributed by atoms with van der Waals surface area (Å²) in [6.45, 7) is -0.362. The summed E-state index contributed by atoms with van der Waals surface area (Å²) in [6, 6.07) is 15.6. The number of ether oxygens (including phenoxy) is 1. The van der Waals surface area contributed by atoms with Crippen molar-refractivity contribution >= 4 is 0 Å². The second-order valence-electron chi connectivity index (χ2n) is 11.4. The van der Waals surface area contributed by atoms with Crippen molar-refractivity contribution in [3.05, 3.63) is 54.1 Å². The first-order chi connectivity index (χ1) is 17.0. The molecule has 2 aromatic carbocycles. The van der Waals surface area contributed by atoms with Gasteiger partial charge in [0.1, 0.15) is 5.75 Å². The number of hydrogen-bond acceptors (Lipinski definition) is 1. The van der Waals surface area contributed by atoms with Crippen LogP contribution in [0, 0.1) is 23.7 Å². The second-order valence-corrected chi connectivity index (χ2v) is 11.4. The lowest BCUT2D eigenvalue weighted by Crippen LogP contribution is -2.15. The summed E-state index contributed by atoms with van der Waals surface area (Å²) >= 11 is 0. The molecule has 2 saturated carbocycles. The van der Waals surface area contributed by atoms with Crippen LogP contribution in [0.15, 0.2) is 48.5 Å². The van der Waals surface area contributed by atoms with Crippen molar-refractivity contribution < 1.29 is 13.5 Å². The van der Waals surface area contributed by atoms with Crippen LogP contribution in [0.1, 0.15) is 96.0 Å². The van der Waals surface area contributed by atoms with Crippen LogP contribution in [-0.4, -0.2) is 6.61 Å². The van der Waals surface area contributed by atoms with E-state index in [-0.39, 0.29) is 5.75 Å². The van der Waals surface area contributed by atoms with Crippen LogP contribution in [-0.2, 0) is 6.42 Å². The van der Waals surface area contributed by atoms with E-state index in [4.69, 9.17) is 0 Å². The van der Waals surface area contributed by atoms with E-state index in [0.717, 1.165) is 41.2 Å². The lowest BCUT2D eigenvalue weighted by Gasteiger charge is -2.29. The molecule has 4 rings (SSSR count).